The molecule has 0 aliphatic heterocycles. The highest BCUT2D eigenvalue weighted by atomic mass is 28.3. The van der Waals surface area contributed by atoms with E-state index in [1.165, 1.54) is 0 Å². The van der Waals surface area contributed by atoms with Gasteiger partial charge in [0.25, 0.3) is 0 Å². The van der Waals surface area contributed by atoms with Crippen LogP contribution in [0, 0.1) is 22.9 Å². The van der Waals surface area contributed by atoms with Crippen molar-refractivity contribution >= 4 is 16.1 Å². The largest absolute Gasteiger partial charge is 0.492 e. The van der Waals surface area contributed by atoms with Gasteiger partial charge < -0.3 is 18.4 Å². The molecule has 6 heteroatoms. The van der Waals surface area contributed by atoms with E-state index < -0.39 is 16.1 Å². The van der Waals surface area contributed by atoms with Gasteiger partial charge in [-0.3, -0.25) is 0 Å². The van der Waals surface area contributed by atoms with Crippen LogP contribution in [0.4, 0.5) is 0 Å². The van der Waals surface area contributed by atoms with Gasteiger partial charge in [-0.1, -0.05) is 94.9 Å². The van der Waals surface area contributed by atoms with Gasteiger partial charge in [0.15, 0.2) is 0 Å². The molecule has 0 N–H and O–H groups in total. The van der Waals surface area contributed by atoms with Crippen LogP contribution >= 0.6 is 0 Å². The van der Waals surface area contributed by atoms with Gasteiger partial charge >= 0.3 is 0 Å². The molecule has 0 bridgehead atoms. The molecule has 1 aromatic rings. The maximum atomic E-state index is 6.61. The van der Waals surface area contributed by atoms with Crippen molar-refractivity contribution in [3.05, 3.63) is 23.3 Å². The lowest BCUT2D eigenvalue weighted by Gasteiger charge is -2.38. The molecule has 1 rings (SSSR count). The Labute approximate surface area is 289 Å². The van der Waals surface area contributed by atoms with E-state index in [1.807, 2.05) is 0 Å². The zero-order valence-electron chi connectivity index (χ0n) is 33.6. The van der Waals surface area contributed by atoms with Crippen molar-refractivity contribution in [2.45, 2.75) is 129 Å². The maximum Gasteiger partial charge on any atom is 0.146 e. The molecule has 0 amide bonds. The lowest BCUT2D eigenvalue weighted by atomic mass is 10.1. The quantitative estimate of drug-likeness (QED) is 0.0755. The molecule has 0 unspecified atom stereocenters. The van der Waals surface area contributed by atoms with Crippen LogP contribution in [0.25, 0.3) is 0 Å². The molecule has 0 radical (unpaired) electrons. The van der Waals surface area contributed by atoms with Gasteiger partial charge in [0, 0.05) is 25.0 Å². The number of hydrogen-bond donors (Lipinski definition) is 0. The predicted octanol–water partition coefficient (Wildman–Crippen LogP) is 9.78. The summed E-state index contributed by atoms with van der Waals surface area (Å²) in [5, 5.41) is 0. The third-order valence-corrected chi connectivity index (χ3v) is 22.7. The summed E-state index contributed by atoms with van der Waals surface area (Å²) < 4.78 is 15.1. The fraction of sp³-hybridized carbons (Fsp3) is 0.750. The fourth-order valence-electron chi connectivity index (χ4n) is 7.65. The Morgan fingerprint density at radius 3 is 0.978 bits per heavy atom. The molecule has 0 saturated carbocycles. The number of benzene rings is 1. The third kappa shape index (κ3) is 11.8. The molecular weight excluding hydrogens is 597 g/mol. The third-order valence-electron chi connectivity index (χ3n) is 10.1. The highest BCUT2D eigenvalue weighted by molar-refractivity contribution is 6.91. The van der Waals surface area contributed by atoms with E-state index in [0.29, 0.717) is 46.5 Å². The van der Waals surface area contributed by atoms with E-state index in [1.54, 1.807) is 0 Å². The lowest BCUT2D eigenvalue weighted by molar-refractivity contribution is -0.870. The molecule has 0 aliphatic rings. The molecule has 0 saturated heterocycles. The zero-order valence-corrected chi connectivity index (χ0v) is 35.6. The molecule has 262 valence electrons. The molecule has 4 nitrogen and oxygen atoms in total. The summed E-state index contributed by atoms with van der Waals surface area (Å²) in [5.74, 6) is 9.15. The lowest BCUT2D eigenvalue weighted by Crippen LogP contribution is -2.43. The van der Waals surface area contributed by atoms with E-state index in [0.717, 1.165) is 57.5 Å². The molecule has 0 heterocycles. The van der Waals surface area contributed by atoms with Crippen LogP contribution < -0.4 is 9.47 Å². The Bertz CT molecular complexity index is 1070. The van der Waals surface area contributed by atoms with Crippen LogP contribution in [0.5, 0.6) is 11.5 Å². The average molecular weight is 671 g/mol. The molecule has 0 aromatic heterocycles. The maximum absolute atomic E-state index is 6.61. The second-order valence-electron chi connectivity index (χ2n) is 17.6. The van der Waals surface area contributed by atoms with Gasteiger partial charge in [0.1, 0.15) is 27.6 Å². The number of nitrogens with zero attached hydrogens (tertiary/aromatic N) is 2. The van der Waals surface area contributed by atoms with Crippen LogP contribution in [0.15, 0.2) is 12.1 Å². The molecule has 0 fully saturated rings. The van der Waals surface area contributed by atoms with E-state index in [4.69, 9.17) is 9.47 Å². The van der Waals surface area contributed by atoms with E-state index >= 15 is 0 Å². The highest BCUT2D eigenvalue weighted by Crippen LogP contribution is 2.42. The summed E-state index contributed by atoms with van der Waals surface area (Å²) >= 11 is 0. The zero-order chi connectivity index (χ0) is 35.7. The smallest absolute Gasteiger partial charge is 0.146 e. The second-order valence-corrected chi connectivity index (χ2v) is 28.7. The van der Waals surface area contributed by atoms with Gasteiger partial charge in [0.05, 0.1) is 79.7 Å². The van der Waals surface area contributed by atoms with Crippen LogP contribution in [0.1, 0.15) is 107 Å². The van der Waals surface area contributed by atoms with E-state index in [-0.39, 0.29) is 0 Å². The normalized spacial score (nSPS) is 13.0. The van der Waals surface area contributed by atoms with E-state index in [9.17, 15) is 0 Å². The minimum Gasteiger partial charge on any atom is -0.492 e. The summed E-state index contributed by atoms with van der Waals surface area (Å²) in [6, 6.07) is 4.31. The molecular formula is C40H74N2O2Si2+2. The Hall–Kier alpha value is -1.71. The van der Waals surface area contributed by atoms with Crippen molar-refractivity contribution in [1.29, 1.82) is 0 Å². The standard InChI is InChI=1S/C40H74N2O2Si2/c1-31(2)45(32(3)4,33(5)6)27-21-37-29-40(44-26-20-24-42(16,17)18)38(30-39(37)43-25-19-23-41(13,14)15)22-28-46(34(7)8,35(9)10)36(11)12/h29-36H,19-20,23-26H2,1-18H3/q+2. The van der Waals surface area contributed by atoms with Gasteiger partial charge in [-0.2, -0.15) is 0 Å². The Balaban J connectivity index is 3.97. The minimum atomic E-state index is -1.94. The first kappa shape index (κ1) is 42.3. The summed E-state index contributed by atoms with van der Waals surface area (Å²) in [6.07, 6.45) is 1.96. The molecule has 46 heavy (non-hydrogen) atoms. The fourth-order valence-corrected chi connectivity index (χ4v) is 18.1. The number of quaternary nitrogens is 2. The second kappa shape index (κ2) is 17.6. The Morgan fingerprint density at radius 1 is 0.500 bits per heavy atom. The Morgan fingerprint density at radius 2 is 0.761 bits per heavy atom. The average Bonchev–Trinajstić information content (AvgIpc) is 2.88. The molecule has 1 aromatic carbocycles. The van der Waals surface area contributed by atoms with Gasteiger partial charge in [-0.25, -0.2) is 0 Å². The van der Waals surface area contributed by atoms with Gasteiger partial charge in [0.2, 0.25) is 0 Å². The summed E-state index contributed by atoms with van der Waals surface area (Å²) in [6.45, 7) is 31.9. The first-order valence-electron chi connectivity index (χ1n) is 18.1. The number of rotatable bonds is 16. The van der Waals surface area contributed by atoms with Crippen LogP contribution in [-0.4, -0.2) is 93.7 Å². The van der Waals surface area contributed by atoms with Crippen molar-refractivity contribution in [2.75, 3.05) is 68.6 Å². The topological polar surface area (TPSA) is 18.5 Å². The summed E-state index contributed by atoms with van der Waals surface area (Å²) in [5.41, 5.74) is 13.2. The molecule has 0 atom stereocenters. The van der Waals surface area contributed by atoms with Crippen molar-refractivity contribution in [3.8, 4) is 34.4 Å². The first-order chi connectivity index (χ1) is 21.0. The van der Waals surface area contributed by atoms with Crippen LogP contribution in [0.2, 0.25) is 33.2 Å². The highest BCUT2D eigenvalue weighted by Gasteiger charge is 2.42. The summed E-state index contributed by atoms with van der Waals surface area (Å²) in [7, 11) is 9.52. The molecule has 0 aliphatic carbocycles. The number of hydrogen-bond acceptors (Lipinski definition) is 2. The predicted molar refractivity (Wildman–Crippen MR) is 208 cm³/mol. The van der Waals surface area contributed by atoms with Crippen molar-refractivity contribution in [3.63, 3.8) is 0 Å². The number of ether oxygens (including phenoxy) is 2. The minimum absolute atomic E-state index is 0.562. The van der Waals surface area contributed by atoms with Crippen molar-refractivity contribution in [2.24, 2.45) is 0 Å². The van der Waals surface area contributed by atoms with Crippen LogP contribution in [0.3, 0.4) is 0 Å². The summed E-state index contributed by atoms with van der Waals surface area (Å²) in [4.78, 5) is 0. The first-order valence-corrected chi connectivity index (χ1v) is 22.6. The van der Waals surface area contributed by atoms with Crippen molar-refractivity contribution in [1.82, 2.24) is 0 Å². The monoisotopic (exact) mass is 671 g/mol. The van der Waals surface area contributed by atoms with Gasteiger partial charge in [-0.15, -0.1) is 11.1 Å². The van der Waals surface area contributed by atoms with Crippen molar-refractivity contribution < 1.29 is 18.4 Å². The van der Waals surface area contributed by atoms with E-state index in [2.05, 4.69) is 160 Å². The van der Waals surface area contributed by atoms with Crippen LogP contribution in [-0.2, 0) is 0 Å². The SMILES string of the molecule is CC(C)[Si](C#Cc1cc(OCCC[N+](C)(C)C)c(C#C[Si](C(C)C)(C(C)C)C(C)C)cc1OCCC[N+](C)(C)C)(C(C)C)C(C)C. The Kier molecular flexibility index (Phi) is 16.2. The van der Waals surface area contributed by atoms with Gasteiger partial charge in [-0.05, 0) is 33.2 Å². The molecule has 0 spiro atoms.